The van der Waals surface area contributed by atoms with Gasteiger partial charge in [0, 0.05) is 16.6 Å². The Balaban J connectivity index is 1.55. The van der Waals surface area contributed by atoms with Crippen molar-refractivity contribution in [2.45, 2.75) is 11.4 Å². The summed E-state index contributed by atoms with van der Waals surface area (Å²) in [5.74, 6) is -0.872. The minimum Gasteiger partial charge on any atom is -0.267 e. The number of thiophene rings is 1. The van der Waals surface area contributed by atoms with Gasteiger partial charge in [-0.05, 0) is 47.3 Å². The van der Waals surface area contributed by atoms with Crippen molar-refractivity contribution in [1.29, 1.82) is 0 Å². The van der Waals surface area contributed by atoms with Crippen molar-refractivity contribution in [1.82, 2.24) is 15.6 Å². The summed E-state index contributed by atoms with van der Waals surface area (Å²) in [6, 6.07) is 16.2. The lowest BCUT2D eigenvalue weighted by molar-refractivity contribution is 0.0849. The number of amides is 2. The van der Waals surface area contributed by atoms with E-state index in [2.05, 4.69) is 31.5 Å². The Hall–Kier alpha value is -2.53. The van der Waals surface area contributed by atoms with Crippen LogP contribution in [0.15, 0.2) is 75.4 Å². The third kappa shape index (κ3) is 5.73. The van der Waals surface area contributed by atoms with Crippen LogP contribution in [0.1, 0.15) is 25.6 Å². The van der Waals surface area contributed by atoms with Gasteiger partial charge in [-0.15, -0.1) is 11.3 Å². The monoisotopic (exact) mass is 493 g/mol. The molecule has 0 aliphatic rings. The van der Waals surface area contributed by atoms with Crippen LogP contribution in [0, 0.1) is 0 Å². The number of benzene rings is 2. The standard InChI is InChI=1S/C19H16BrN3O4S2/c20-15-3-1-4-16(11-15)29(26,27)21-12-13-6-8-14(9-7-13)18(24)22-23-19(25)17-5-2-10-28-17/h1-11,21H,12H2,(H,22,24)(H,23,25). The second kappa shape index (κ2) is 9.31. The van der Waals surface area contributed by atoms with Crippen LogP contribution in [0.4, 0.5) is 0 Å². The Bertz CT molecular complexity index is 1110. The molecule has 3 aromatic rings. The Labute approximate surface area is 180 Å². The summed E-state index contributed by atoms with van der Waals surface area (Å²) in [4.78, 5) is 24.6. The molecule has 7 nitrogen and oxygen atoms in total. The van der Waals surface area contributed by atoms with Crippen molar-refractivity contribution in [3.63, 3.8) is 0 Å². The highest BCUT2D eigenvalue weighted by Crippen LogP contribution is 2.16. The molecule has 0 saturated carbocycles. The molecule has 29 heavy (non-hydrogen) atoms. The maximum Gasteiger partial charge on any atom is 0.279 e. The van der Waals surface area contributed by atoms with Crippen LogP contribution in [0.2, 0.25) is 0 Å². The molecule has 0 spiro atoms. The molecule has 10 heteroatoms. The van der Waals surface area contributed by atoms with Gasteiger partial charge in [0.25, 0.3) is 11.8 Å². The molecule has 1 heterocycles. The average molecular weight is 494 g/mol. The van der Waals surface area contributed by atoms with Crippen LogP contribution >= 0.6 is 27.3 Å². The largest absolute Gasteiger partial charge is 0.279 e. The summed E-state index contributed by atoms with van der Waals surface area (Å²) in [6.07, 6.45) is 0. The second-order valence-corrected chi connectivity index (χ2v) is 9.49. The van der Waals surface area contributed by atoms with E-state index < -0.39 is 21.8 Å². The van der Waals surface area contributed by atoms with E-state index >= 15 is 0 Å². The first-order valence-corrected chi connectivity index (χ1v) is 11.5. The van der Waals surface area contributed by atoms with Crippen molar-refractivity contribution >= 4 is 49.1 Å². The smallest absolute Gasteiger partial charge is 0.267 e. The third-order valence-corrected chi connectivity index (χ3v) is 6.58. The number of hydrogen-bond donors (Lipinski definition) is 3. The van der Waals surface area contributed by atoms with Gasteiger partial charge in [-0.1, -0.05) is 40.2 Å². The summed E-state index contributed by atoms with van der Waals surface area (Å²) >= 11 is 4.51. The van der Waals surface area contributed by atoms with Gasteiger partial charge >= 0.3 is 0 Å². The maximum absolute atomic E-state index is 12.3. The van der Waals surface area contributed by atoms with Crippen molar-refractivity contribution < 1.29 is 18.0 Å². The van der Waals surface area contributed by atoms with Crippen molar-refractivity contribution in [2.24, 2.45) is 0 Å². The van der Waals surface area contributed by atoms with E-state index in [-0.39, 0.29) is 11.4 Å². The summed E-state index contributed by atoms with van der Waals surface area (Å²) in [7, 11) is -3.65. The second-order valence-electron chi connectivity index (χ2n) is 5.86. The van der Waals surface area contributed by atoms with Crippen molar-refractivity contribution in [2.75, 3.05) is 0 Å². The molecule has 0 saturated heterocycles. The van der Waals surface area contributed by atoms with Crippen LogP contribution in [-0.4, -0.2) is 20.2 Å². The lowest BCUT2D eigenvalue weighted by Crippen LogP contribution is -2.41. The predicted octanol–water partition coefficient (Wildman–Crippen LogP) is 3.06. The number of hydrazine groups is 1. The Morgan fingerprint density at radius 2 is 1.66 bits per heavy atom. The zero-order valence-electron chi connectivity index (χ0n) is 14.9. The van der Waals surface area contributed by atoms with Gasteiger partial charge in [0.1, 0.15) is 0 Å². The van der Waals surface area contributed by atoms with Crippen LogP contribution < -0.4 is 15.6 Å². The minimum atomic E-state index is -3.65. The lowest BCUT2D eigenvalue weighted by atomic mass is 10.1. The van der Waals surface area contributed by atoms with E-state index in [1.807, 2.05) is 0 Å². The summed E-state index contributed by atoms with van der Waals surface area (Å²) in [6.45, 7) is 0.0753. The van der Waals surface area contributed by atoms with E-state index in [0.717, 1.165) is 0 Å². The van der Waals surface area contributed by atoms with Gasteiger partial charge in [-0.2, -0.15) is 0 Å². The van der Waals surface area contributed by atoms with Crippen LogP contribution in [0.3, 0.4) is 0 Å². The molecule has 0 radical (unpaired) electrons. The molecule has 0 fully saturated rings. The molecule has 1 aromatic heterocycles. The van der Waals surface area contributed by atoms with Crippen molar-refractivity contribution in [3.05, 3.63) is 86.5 Å². The number of carbonyl (C=O) groups excluding carboxylic acids is 2. The fraction of sp³-hybridized carbons (Fsp3) is 0.0526. The van der Waals surface area contributed by atoms with Crippen LogP contribution in [0.25, 0.3) is 0 Å². The molecule has 2 amide bonds. The van der Waals surface area contributed by atoms with Gasteiger partial charge in [-0.3, -0.25) is 20.4 Å². The molecule has 0 bridgehead atoms. The Morgan fingerprint density at radius 1 is 0.931 bits per heavy atom. The number of carbonyl (C=O) groups is 2. The molecular weight excluding hydrogens is 478 g/mol. The average Bonchev–Trinajstić information content (AvgIpc) is 3.26. The van der Waals surface area contributed by atoms with E-state index in [1.54, 1.807) is 53.9 Å². The lowest BCUT2D eigenvalue weighted by Gasteiger charge is -2.09. The molecule has 0 atom stereocenters. The van der Waals surface area contributed by atoms with E-state index in [4.69, 9.17) is 0 Å². The number of nitrogens with one attached hydrogen (secondary N) is 3. The summed E-state index contributed by atoms with van der Waals surface area (Å²) in [5, 5.41) is 1.76. The fourth-order valence-corrected chi connectivity index (χ4v) is 4.56. The first-order chi connectivity index (χ1) is 13.8. The molecule has 2 aromatic carbocycles. The third-order valence-electron chi connectivity index (χ3n) is 3.82. The van der Waals surface area contributed by atoms with Crippen molar-refractivity contribution in [3.8, 4) is 0 Å². The van der Waals surface area contributed by atoms with E-state index in [0.29, 0.717) is 20.5 Å². The molecule has 150 valence electrons. The maximum atomic E-state index is 12.3. The highest BCUT2D eigenvalue weighted by Gasteiger charge is 2.14. The minimum absolute atomic E-state index is 0.0753. The molecule has 3 rings (SSSR count). The number of hydrogen-bond acceptors (Lipinski definition) is 5. The van der Waals surface area contributed by atoms with Crippen LogP contribution in [-0.2, 0) is 16.6 Å². The molecule has 3 N–H and O–H groups in total. The summed E-state index contributed by atoms with van der Waals surface area (Å²) < 4.78 is 27.9. The molecule has 0 aliphatic carbocycles. The van der Waals surface area contributed by atoms with Gasteiger partial charge in [0.15, 0.2) is 0 Å². The Morgan fingerprint density at radius 3 is 2.31 bits per heavy atom. The topological polar surface area (TPSA) is 104 Å². The van der Waals surface area contributed by atoms with Gasteiger partial charge < -0.3 is 0 Å². The zero-order chi connectivity index (χ0) is 20.9. The number of rotatable bonds is 6. The summed E-state index contributed by atoms with van der Waals surface area (Å²) in [5.41, 5.74) is 5.70. The predicted molar refractivity (Wildman–Crippen MR) is 114 cm³/mol. The first kappa shape index (κ1) is 21.2. The molecule has 0 aliphatic heterocycles. The Kier molecular flexibility index (Phi) is 6.80. The molecular formula is C19H16BrN3O4S2. The number of halogens is 1. The van der Waals surface area contributed by atoms with E-state index in [9.17, 15) is 18.0 Å². The van der Waals surface area contributed by atoms with Gasteiger partial charge in [-0.25, -0.2) is 13.1 Å². The SMILES string of the molecule is O=C(NNC(=O)c1cccs1)c1ccc(CNS(=O)(=O)c2cccc(Br)c2)cc1. The first-order valence-electron chi connectivity index (χ1n) is 8.33. The van der Waals surface area contributed by atoms with E-state index in [1.165, 1.54) is 23.5 Å². The molecule has 0 unspecified atom stereocenters. The van der Waals surface area contributed by atoms with Gasteiger partial charge in [0.05, 0.1) is 9.77 Å². The fourth-order valence-electron chi connectivity index (χ4n) is 2.32. The van der Waals surface area contributed by atoms with Gasteiger partial charge in [0.2, 0.25) is 10.0 Å². The quantitative estimate of drug-likeness (QED) is 0.459. The normalized spacial score (nSPS) is 11.1. The highest BCUT2D eigenvalue weighted by atomic mass is 79.9. The number of sulfonamides is 1. The zero-order valence-corrected chi connectivity index (χ0v) is 18.1. The highest BCUT2D eigenvalue weighted by molar-refractivity contribution is 9.10. The van der Waals surface area contributed by atoms with Crippen LogP contribution in [0.5, 0.6) is 0 Å².